The van der Waals surface area contributed by atoms with Crippen molar-refractivity contribution in [3.05, 3.63) is 52.1 Å². The molecule has 2 aromatic carbocycles. The smallest absolute Gasteiger partial charge is 0.205 e. The van der Waals surface area contributed by atoms with Gasteiger partial charge in [0.05, 0.1) is 0 Å². The van der Waals surface area contributed by atoms with Gasteiger partial charge in [0.25, 0.3) is 0 Å². The van der Waals surface area contributed by atoms with Crippen LogP contribution in [0.2, 0.25) is 0 Å². The molecule has 0 unspecified atom stereocenters. The van der Waals surface area contributed by atoms with Crippen LogP contribution in [0.4, 0.5) is 17.6 Å². The van der Waals surface area contributed by atoms with E-state index < -0.39 is 33.9 Å². The first kappa shape index (κ1) is 26.9. The maximum Gasteiger partial charge on any atom is 0.205 e. The monoisotopic (exact) mass is 536 g/mol. The van der Waals surface area contributed by atoms with Gasteiger partial charge >= 0.3 is 0 Å². The van der Waals surface area contributed by atoms with E-state index in [9.17, 15) is 13.3 Å². The fraction of sp³-hybridized carbons (Fsp3) is 0.600. The predicted molar refractivity (Wildman–Crippen MR) is 139 cm³/mol. The maximum absolute atomic E-state index is 15.1. The van der Waals surface area contributed by atoms with Crippen LogP contribution in [-0.2, 0) is 0 Å². The number of rotatable bonds is 6. The molecule has 0 saturated heterocycles. The summed E-state index contributed by atoms with van der Waals surface area (Å²) in [5.74, 6) is -6.36. The summed E-state index contributed by atoms with van der Waals surface area (Å²) in [5.41, 5.74) is 3.14. The summed E-state index contributed by atoms with van der Waals surface area (Å²) in [4.78, 5) is -1.10. The topological polar surface area (TPSA) is 29.5 Å². The second-order valence-corrected chi connectivity index (χ2v) is 11.7. The highest BCUT2D eigenvalue weighted by molar-refractivity contribution is 7.93. The fourth-order valence-corrected chi connectivity index (χ4v) is 7.12. The lowest BCUT2D eigenvalue weighted by molar-refractivity contribution is 0.338. The molecular formula is C30H36F4O2S. The maximum atomic E-state index is 15.1. The zero-order chi connectivity index (χ0) is 25.9. The van der Waals surface area contributed by atoms with E-state index in [-0.39, 0.29) is 23.9 Å². The fourth-order valence-electron chi connectivity index (χ4n) is 6.78. The zero-order valence-electron chi connectivity index (χ0n) is 21.3. The third-order valence-electron chi connectivity index (χ3n) is 8.81. The van der Waals surface area contributed by atoms with Crippen molar-refractivity contribution in [1.82, 2.24) is 0 Å². The van der Waals surface area contributed by atoms with Crippen LogP contribution in [0, 0.1) is 23.3 Å². The molecule has 0 atom stereocenters. The second-order valence-electron chi connectivity index (χ2n) is 11.1. The largest absolute Gasteiger partial charge is 0.450 e. The minimum Gasteiger partial charge on any atom is -0.450 e. The molecule has 2 nitrogen and oxygen atoms in total. The Morgan fingerprint density at radius 3 is 1.38 bits per heavy atom. The minimum atomic E-state index is -1.64. The molecule has 0 amide bonds. The van der Waals surface area contributed by atoms with Crippen LogP contribution >= 0.6 is 12.0 Å². The van der Waals surface area contributed by atoms with E-state index in [0.717, 1.165) is 88.2 Å². The van der Waals surface area contributed by atoms with Crippen molar-refractivity contribution >= 4 is 12.0 Å². The lowest BCUT2D eigenvalue weighted by Gasteiger charge is -2.32. The molecular weight excluding hydrogens is 500 g/mol. The van der Waals surface area contributed by atoms with Crippen LogP contribution in [0.1, 0.15) is 131 Å². The van der Waals surface area contributed by atoms with Crippen molar-refractivity contribution in [2.75, 3.05) is 0 Å². The van der Waals surface area contributed by atoms with E-state index in [0.29, 0.717) is 11.7 Å². The van der Waals surface area contributed by atoms with Crippen molar-refractivity contribution < 1.29 is 26.9 Å². The van der Waals surface area contributed by atoms with E-state index in [1.807, 2.05) is 0 Å². The highest BCUT2D eigenvalue weighted by Gasteiger charge is 2.33. The summed E-state index contributed by atoms with van der Waals surface area (Å²) in [7, 11) is 0. The summed E-state index contributed by atoms with van der Waals surface area (Å²) in [6.45, 7) is 0. The molecule has 0 radical (unpaired) electrons. The number of hydrogen-bond donors (Lipinski definition) is 1. The van der Waals surface area contributed by atoms with Crippen molar-refractivity contribution in [1.29, 1.82) is 0 Å². The molecule has 2 aromatic rings. The van der Waals surface area contributed by atoms with E-state index in [4.69, 9.17) is 4.74 Å². The van der Waals surface area contributed by atoms with Crippen LogP contribution in [0.3, 0.4) is 0 Å². The van der Waals surface area contributed by atoms with Gasteiger partial charge in [-0.15, -0.1) is 0 Å². The molecule has 3 saturated carbocycles. The Balaban J connectivity index is 1.67. The molecule has 3 fully saturated rings. The Morgan fingerprint density at radius 2 is 0.973 bits per heavy atom. The van der Waals surface area contributed by atoms with Gasteiger partial charge in [0.1, 0.15) is 10.6 Å². The lowest BCUT2D eigenvalue weighted by atomic mass is 9.75. The van der Waals surface area contributed by atoms with Gasteiger partial charge in [0.15, 0.2) is 11.6 Å². The summed E-state index contributed by atoms with van der Waals surface area (Å²) in [5, 5.41) is 0. The Bertz CT molecular complexity index is 1040. The second kappa shape index (κ2) is 12.0. The normalized spacial score (nSPS) is 20.4. The SMILES string of the molecule is OSc1c(F)c(F)c(Oc2c(C3CCCCC3)cc(C3CCCCC3)cc2C2CCCCC2)c(F)c1F. The van der Waals surface area contributed by atoms with E-state index in [2.05, 4.69) is 12.1 Å². The predicted octanol–water partition coefficient (Wildman–Crippen LogP) is 10.7. The van der Waals surface area contributed by atoms with Crippen molar-refractivity contribution in [2.45, 2.75) is 119 Å². The molecule has 0 heterocycles. The summed E-state index contributed by atoms with van der Waals surface area (Å²) in [6, 6.07) is 4.35. The Hall–Kier alpha value is -1.73. The van der Waals surface area contributed by atoms with Gasteiger partial charge in [0, 0.05) is 12.0 Å². The molecule has 0 bridgehead atoms. The molecule has 0 aliphatic heterocycles. The first-order valence-corrected chi connectivity index (χ1v) is 14.8. The van der Waals surface area contributed by atoms with Gasteiger partial charge < -0.3 is 9.29 Å². The number of ether oxygens (including phenoxy) is 1. The van der Waals surface area contributed by atoms with Crippen LogP contribution in [0.15, 0.2) is 17.0 Å². The lowest BCUT2D eigenvalue weighted by Crippen LogP contribution is -2.15. The average molecular weight is 537 g/mol. The van der Waals surface area contributed by atoms with Crippen molar-refractivity contribution in [3.8, 4) is 11.5 Å². The minimum absolute atomic E-state index is 0.183. The number of hydrogen-bond acceptors (Lipinski definition) is 3. The molecule has 7 heteroatoms. The quantitative estimate of drug-likeness (QED) is 0.226. The van der Waals surface area contributed by atoms with Gasteiger partial charge in [-0.1, -0.05) is 69.9 Å². The average Bonchev–Trinajstić information content (AvgIpc) is 2.96. The molecule has 3 aliphatic rings. The van der Waals surface area contributed by atoms with Gasteiger partial charge in [-0.25, -0.2) is 8.78 Å². The first-order chi connectivity index (χ1) is 18.0. The molecule has 3 aliphatic carbocycles. The van der Waals surface area contributed by atoms with Crippen molar-refractivity contribution in [3.63, 3.8) is 0 Å². The summed E-state index contributed by atoms with van der Waals surface area (Å²) in [6.07, 6.45) is 16.4. The Morgan fingerprint density at radius 1 is 0.568 bits per heavy atom. The Kier molecular flexibility index (Phi) is 8.70. The van der Waals surface area contributed by atoms with E-state index in [1.54, 1.807) is 0 Å². The van der Waals surface area contributed by atoms with Gasteiger partial charge in [-0.05, 0) is 73.0 Å². The first-order valence-electron chi connectivity index (χ1n) is 14.0. The standard InChI is InChI=1S/C30H36F4O2S/c31-24-26(33)30(37-35)27(34)25(32)29(24)36-28-22(19-12-6-2-7-13-19)16-21(18-10-4-1-5-11-18)17-23(28)20-14-8-3-9-15-20/h16-20,35H,1-15H2. The van der Waals surface area contributed by atoms with Crippen LogP contribution in [0.25, 0.3) is 0 Å². The van der Waals surface area contributed by atoms with Gasteiger partial charge in [0.2, 0.25) is 17.4 Å². The third kappa shape index (κ3) is 5.54. The summed E-state index contributed by atoms with van der Waals surface area (Å²) < 4.78 is 74.5. The van der Waals surface area contributed by atoms with Crippen molar-refractivity contribution in [2.24, 2.45) is 0 Å². The number of benzene rings is 2. The van der Waals surface area contributed by atoms with E-state index >= 15 is 8.78 Å². The van der Waals surface area contributed by atoms with Crippen LogP contribution in [-0.4, -0.2) is 4.55 Å². The van der Waals surface area contributed by atoms with Gasteiger partial charge in [-0.3, -0.25) is 0 Å². The summed E-state index contributed by atoms with van der Waals surface area (Å²) >= 11 is -0.351. The Labute approximate surface area is 221 Å². The number of halogens is 4. The van der Waals surface area contributed by atoms with Crippen LogP contribution in [0.5, 0.6) is 11.5 Å². The molecule has 0 aromatic heterocycles. The molecule has 202 valence electrons. The highest BCUT2D eigenvalue weighted by atomic mass is 32.2. The molecule has 5 rings (SSSR count). The molecule has 37 heavy (non-hydrogen) atoms. The third-order valence-corrected chi connectivity index (χ3v) is 9.35. The van der Waals surface area contributed by atoms with Gasteiger partial charge in [-0.2, -0.15) is 8.78 Å². The zero-order valence-corrected chi connectivity index (χ0v) is 22.1. The van der Waals surface area contributed by atoms with Crippen LogP contribution < -0.4 is 4.74 Å². The highest BCUT2D eigenvalue weighted by Crippen LogP contribution is 2.49. The van der Waals surface area contributed by atoms with E-state index in [1.165, 1.54) is 24.8 Å². The molecule has 0 spiro atoms. The molecule has 1 N–H and O–H groups in total.